The summed E-state index contributed by atoms with van der Waals surface area (Å²) in [7, 11) is 0. The Balaban J connectivity index is 1.42. The Morgan fingerprint density at radius 1 is 0.750 bits per heavy atom. The van der Waals surface area contributed by atoms with Crippen LogP contribution in [-0.2, 0) is 0 Å². The number of benzene rings is 3. The third kappa shape index (κ3) is 4.59. The van der Waals surface area contributed by atoms with Crippen molar-refractivity contribution in [2.24, 2.45) is 0 Å². The SMILES string of the molecule is Fc1cccc(Nc2cnnc(Nc3ccc(Oc4ccccc4)cc3)n2)c1. The van der Waals surface area contributed by atoms with Crippen LogP contribution in [0.5, 0.6) is 11.5 Å². The lowest BCUT2D eigenvalue weighted by Crippen LogP contribution is -2.02. The predicted molar refractivity (Wildman–Crippen MR) is 106 cm³/mol. The van der Waals surface area contributed by atoms with Crippen molar-refractivity contribution in [2.75, 3.05) is 10.6 Å². The van der Waals surface area contributed by atoms with Gasteiger partial charge >= 0.3 is 0 Å². The molecule has 0 aliphatic rings. The van der Waals surface area contributed by atoms with Gasteiger partial charge in [-0.25, -0.2) is 4.39 Å². The van der Waals surface area contributed by atoms with Gasteiger partial charge in [-0.3, -0.25) is 0 Å². The zero-order chi connectivity index (χ0) is 19.2. The average molecular weight is 373 g/mol. The van der Waals surface area contributed by atoms with Crippen LogP contribution < -0.4 is 15.4 Å². The molecule has 0 saturated heterocycles. The molecule has 0 saturated carbocycles. The molecule has 0 atom stereocenters. The van der Waals surface area contributed by atoms with E-state index in [9.17, 15) is 4.39 Å². The largest absolute Gasteiger partial charge is 0.457 e. The molecular formula is C21H16FN5O. The van der Waals surface area contributed by atoms with Crippen molar-refractivity contribution in [1.29, 1.82) is 0 Å². The molecule has 4 aromatic rings. The zero-order valence-electron chi connectivity index (χ0n) is 14.7. The summed E-state index contributed by atoms with van der Waals surface area (Å²) in [6.45, 7) is 0. The second-order valence-corrected chi connectivity index (χ2v) is 5.87. The Morgan fingerprint density at radius 2 is 1.54 bits per heavy atom. The van der Waals surface area contributed by atoms with E-state index in [2.05, 4.69) is 25.8 Å². The summed E-state index contributed by atoms with van der Waals surface area (Å²) >= 11 is 0. The Bertz CT molecular complexity index is 1060. The molecule has 1 heterocycles. The van der Waals surface area contributed by atoms with Crippen LogP contribution in [0.15, 0.2) is 85.1 Å². The minimum absolute atomic E-state index is 0.318. The van der Waals surface area contributed by atoms with E-state index in [1.165, 1.54) is 18.3 Å². The first-order valence-corrected chi connectivity index (χ1v) is 8.57. The highest BCUT2D eigenvalue weighted by atomic mass is 19.1. The lowest BCUT2D eigenvalue weighted by molar-refractivity contribution is 0.483. The minimum atomic E-state index is -0.330. The fourth-order valence-electron chi connectivity index (χ4n) is 2.49. The van der Waals surface area contributed by atoms with E-state index in [0.717, 1.165) is 17.2 Å². The summed E-state index contributed by atoms with van der Waals surface area (Å²) in [5.74, 6) is 1.93. The molecule has 1 aromatic heterocycles. The average Bonchev–Trinajstić information content (AvgIpc) is 2.71. The molecule has 0 aliphatic heterocycles. The van der Waals surface area contributed by atoms with Crippen molar-refractivity contribution >= 4 is 23.1 Å². The number of nitrogens with zero attached hydrogens (tertiary/aromatic N) is 3. The Labute approximate surface area is 161 Å². The first-order valence-electron chi connectivity index (χ1n) is 8.57. The minimum Gasteiger partial charge on any atom is -0.457 e. The number of ether oxygens (including phenoxy) is 1. The van der Waals surface area contributed by atoms with Crippen molar-refractivity contribution < 1.29 is 9.13 Å². The zero-order valence-corrected chi connectivity index (χ0v) is 14.7. The second kappa shape index (κ2) is 8.13. The Morgan fingerprint density at radius 3 is 2.32 bits per heavy atom. The molecule has 0 bridgehead atoms. The smallest absolute Gasteiger partial charge is 0.249 e. The van der Waals surface area contributed by atoms with Gasteiger partial charge in [0.05, 0.1) is 6.20 Å². The lowest BCUT2D eigenvalue weighted by atomic mass is 10.3. The van der Waals surface area contributed by atoms with Crippen LogP contribution in [0.2, 0.25) is 0 Å². The molecule has 0 radical (unpaired) electrons. The second-order valence-electron chi connectivity index (χ2n) is 5.87. The van der Waals surface area contributed by atoms with E-state index in [1.807, 2.05) is 54.6 Å². The Hall–Kier alpha value is -4.00. The third-order valence-electron chi connectivity index (χ3n) is 3.75. The molecule has 2 N–H and O–H groups in total. The van der Waals surface area contributed by atoms with Gasteiger partial charge in [-0.05, 0) is 54.6 Å². The molecule has 4 rings (SSSR count). The van der Waals surface area contributed by atoms with Crippen LogP contribution in [0.3, 0.4) is 0 Å². The van der Waals surface area contributed by atoms with Crippen molar-refractivity contribution in [3.63, 3.8) is 0 Å². The topological polar surface area (TPSA) is 72.0 Å². The molecule has 7 heteroatoms. The van der Waals surface area contributed by atoms with Crippen LogP contribution in [-0.4, -0.2) is 15.2 Å². The van der Waals surface area contributed by atoms with Gasteiger partial charge in [0.15, 0.2) is 5.82 Å². The number of aromatic nitrogens is 3. The predicted octanol–water partition coefficient (Wildman–Crippen LogP) is 5.29. The van der Waals surface area contributed by atoms with E-state index in [-0.39, 0.29) is 5.82 Å². The van der Waals surface area contributed by atoms with E-state index < -0.39 is 0 Å². The summed E-state index contributed by atoms with van der Waals surface area (Å²) in [5.41, 5.74) is 1.36. The molecule has 0 fully saturated rings. The van der Waals surface area contributed by atoms with Crippen LogP contribution in [0, 0.1) is 5.82 Å². The highest BCUT2D eigenvalue weighted by Crippen LogP contribution is 2.24. The lowest BCUT2D eigenvalue weighted by Gasteiger charge is -2.09. The van der Waals surface area contributed by atoms with Gasteiger partial charge in [-0.1, -0.05) is 24.3 Å². The normalized spacial score (nSPS) is 10.3. The molecule has 28 heavy (non-hydrogen) atoms. The summed E-state index contributed by atoms with van der Waals surface area (Å²) in [5, 5.41) is 14.0. The summed E-state index contributed by atoms with van der Waals surface area (Å²) in [6.07, 6.45) is 1.47. The maximum absolute atomic E-state index is 13.3. The summed E-state index contributed by atoms with van der Waals surface area (Å²) in [6, 6.07) is 23.1. The fourth-order valence-corrected chi connectivity index (χ4v) is 2.49. The van der Waals surface area contributed by atoms with Crippen LogP contribution in [0.25, 0.3) is 0 Å². The third-order valence-corrected chi connectivity index (χ3v) is 3.75. The molecule has 0 unspecified atom stereocenters. The maximum Gasteiger partial charge on any atom is 0.249 e. The fraction of sp³-hybridized carbons (Fsp3) is 0. The van der Waals surface area contributed by atoms with E-state index in [1.54, 1.807) is 12.1 Å². The molecular weight excluding hydrogens is 357 g/mol. The maximum atomic E-state index is 13.3. The molecule has 6 nitrogen and oxygen atoms in total. The van der Waals surface area contributed by atoms with E-state index in [0.29, 0.717) is 17.5 Å². The Kier molecular flexibility index (Phi) is 5.06. The first-order chi connectivity index (χ1) is 13.7. The molecule has 0 aliphatic carbocycles. The summed E-state index contributed by atoms with van der Waals surface area (Å²) in [4.78, 5) is 4.33. The number of para-hydroxylation sites is 1. The van der Waals surface area contributed by atoms with E-state index >= 15 is 0 Å². The van der Waals surface area contributed by atoms with E-state index in [4.69, 9.17) is 4.74 Å². The first kappa shape index (κ1) is 17.4. The molecule has 138 valence electrons. The van der Waals surface area contributed by atoms with Gasteiger partial charge in [0.1, 0.15) is 17.3 Å². The quantitative estimate of drug-likeness (QED) is 0.478. The van der Waals surface area contributed by atoms with Gasteiger partial charge in [0, 0.05) is 11.4 Å². The number of rotatable bonds is 6. The number of hydrogen-bond donors (Lipinski definition) is 2. The highest BCUT2D eigenvalue weighted by molar-refractivity contribution is 5.59. The van der Waals surface area contributed by atoms with Gasteiger partial charge in [-0.15, -0.1) is 5.10 Å². The van der Waals surface area contributed by atoms with Crippen LogP contribution >= 0.6 is 0 Å². The monoisotopic (exact) mass is 373 g/mol. The van der Waals surface area contributed by atoms with Gasteiger partial charge in [0.2, 0.25) is 5.95 Å². The number of hydrogen-bond acceptors (Lipinski definition) is 6. The van der Waals surface area contributed by atoms with Crippen molar-refractivity contribution in [1.82, 2.24) is 15.2 Å². The summed E-state index contributed by atoms with van der Waals surface area (Å²) < 4.78 is 19.1. The van der Waals surface area contributed by atoms with Crippen molar-refractivity contribution in [3.05, 3.63) is 90.9 Å². The van der Waals surface area contributed by atoms with Crippen molar-refractivity contribution in [3.8, 4) is 11.5 Å². The van der Waals surface area contributed by atoms with Gasteiger partial charge in [-0.2, -0.15) is 10.1 Å². The molecule has 0 spiro atoms. The molecule has 0 amide bonds. The highest BCUT2D eigenvalue weighted by Gasteiger charge is 2.04. The number of nitrogens with one attached hydrogen (secondary N) is 2. The van der Waals surface area contributed by atoms with Crippen molar-refractivity contribution in [2.45, 2.75) is 0 Å². The van der Waals surface area contributed by atoms with Gasteiger partial charge < -0.3 is 15.4 Å². The standard InChI is InChI=1S/C21H16FN5O/c22-15-5-4-6-17(13-15)24-20-14-23-27-21(26-20)25-16-9-11-19(12-10-16)28-18-7-2-1-3-8-18/h1-14H,(H2,24,25,26,27). The van der Waals surface area contributed by atoms with Crippen LogP contribution in [0.4, 0.5) is 27.5 Å². The van der Waals surface area contributed by atoms with Crippen LogP contribution in [0.1, 0.15) is 0 Å². The van der Waals surface area contributed by atoms with Gasteiger partial charge in [0.25, 0.3) is 0 Å². The number of halogens is 1. The molecule has 3 aromatic carbocycles. The number of anilines is 4.